The zero-order valence-electron chi connectivity index (χ0n) is 13.2. The Morgan fingerprint density at radius 2 is 2.14 bits per heavy atom. The molecule has 0 aliphatic carbocycles. The predicted octanol–water partition coefficient (Wildman–Crippen LogP) is 2.39. The molecule has 1 amide bonds. The van der Waals surface area contributed by atoms with Crippen molar-refractivity contribution in [3.05, 3.63) is 22.4 Å². The fourth-order valence-electron chi connectivity index (χ4n) is 3.45. The molecule has 1 unspecified atom stereocenters. The topological polar surface area (TPSA) is 32.8 Å². The second-order valence-electron chi connectivity index (χ2n) is 6.23. The Morgan fingerprint density at radius 1 is 1.27 bits per heavy atom. The molecule has 1 aromatic rings. The summed E-state index contributed by atoms with van der Waals surface area (Å²) in [5.74, 6) is 0.284. The third-order valence-electron chi connectivity index (χ3n) is 4.76. The Labute approximate surface area is 137 Å². The van der Waals surface area contributed by atoms with Crippen LogP contribution in [0.1, 0.15) is 30.6 Å². The van der Waals surface area contributed by atoms with Crippen molar-refractivity contribution in [2.45, 2.75) is 38.1 Å². The maximum Gasteiger partial charge on any atom is 0.236 e. The molecule has 22 heavy (non-hydrogen) atoms. The average molecular weight is 322 g/mol. The molecule has 2 aliphatic rings. The molecule has 4 nitrogen and oxygen atoms in total. The van der Waals surface area contributed by atoms with Crippen molar-refractivity contribution in [3.63, 3.8) is 0 Å². The van der Waals surface area contributed by atoms with Crippen LogP contribution in [0.4, 0.5) is 0 Å². The van der Waals surface area contributed by atoms with Gasteiger partial charge in [-0.25, -0.2) is 0 Å². The van der Waals surface area contributed by atoms with E-state index in [0.29, 0.717) is 25.8 Å². The lowest BCUT2D eigenvalue weighted by atomic mass is 9.97. The number of thiophene rings is 1. The average Bonchev–Trinajstić information content (AvgIpc) is 3.08. The molecule has 0 N–H and O–H groups in total. The Kier molecular flexibility index (Phi) is 5.87. The Hall–Kier alpha value is -0.910. The summed E-state index contributed by atoms with van der Waals surface area (Å²) in [5.41, 5.74) is 0. The maximum absolute atomic E-state index is 12.5. The van der Waals surface area contributed by atoms with Gasteiger partial charge in [-0.3, -0.25) is 9.69 Å². The van der Waals surface area contributed by atoms with Gasteiger partial charge in [0, 0.05) is 24.0 Å². The molecule has 1 aromatic heterocycles. The molecule has 5 heteroatoms. The van der Waals surface area contributed by atoms with Crippen LogP contribution in [0, 0.1) is 0 Å². The minimum Gasteiger partial charge on any atom is -0.378 e. The first-order valence-corrected chi connectivity index (χ1v) is 9.33. The molecule has 3 heterocycles. The number of aryl methyl sites for hydroxylation is 1. The highest BCUT2D eigenvalue weighted by Crippen LogP contribution is 2.22. The normalized spacial score (nSPS) is 23.6. The number of piperidine rings is 1. The number of nitrogens with zero attached hydrogens (tertiary/aromatic N) is 2. The summed E-state index contributed by atoms with van der Waals surface area (Å²) in [4.78, 5) is 18.3. The predicted molar refractivity (Wildman–Crippen MR) is 89.3 cm³/mol. The summed E-state index contributed by atoms with van der Waals surface area (Å²) in [6, 6.07) is 4.91. The number of likely N-dealkylation sites (tertiary alicyclic amines) is 1. The number of carbonyl (C=O) groups excluding carboxylic acids is 1. The van der Waals surface area contributed by atoms with Crippen molar-refractivity contribution in [2.24, 2.45) is 0 Å². The molecule has 2 fully saturated rings. The zero-order valence-corrected chi connectivity index (χ0v) is 14.0. The van der Waals surface area contributed by atoms with Crippen molar-refractivity contribution in [3.8, 4) is 0 Å². The van der Waals surface area contributed by atoms with Crippen LogP contribution in [0.25, 0.3) is 0 Å². The number of morpholine rings is 1. The van der Waals surface area contributed by atoms with Gasteiger partial charge >= 0.3 is 0 Å². The first-order chi connectivity index (χ1) is 10.8. The molecule has 2 saturated heterocycles. The van der Waals surface area contributed by atoms with Gasteiger partial charge in [-0.2, -0.15) is 0 Å². The molecule has 3 rings (SSSR count). The van der Waals surface area contributed by atoms with Gasteiger partial charge in [0.15, 0.2) is 0 Å². The van der Waals surface area contributed by atoms with Gasteiger partial charge in [0.1, 0.15) is 0 Å². The molecule has 0 radical (unpaired) electrons. The first kappa shape index (κ1) is 16.0. The van der Waals surface area contributed by atoms with Gasteiger partial charge in [-0.1, -0.05) is 12.5 Å². The van der Waals surface area contributed by atoms with Gasteiger partial charge < -0.3 is 9.64 Å². The molecular formula is C17H26N2O2S. The van der Waals surface area contributed by atoms with Crippen LogP contribution in [0.2, 0.25) is 0 Å². The zero-order chi connectivity index (χ0) is 15.2. The Morgan fingerprint density at radius 3 is 2.91 bits per heavy atom. The molecule has 0 spiro atoms. The standard InChI is InChI=1S/C17H26N2O2S/c20-17(18-9-11-21-12-10-18)14-19-8-2-1-4-15(19)6-7-16-5-3-13-22-16/h3,5,13,15H,1-2,4,6-12,14H2. The highest BCUT2D eigenvalue weighted by Gasteiger charge is 2.26. The highest BCUT2D eigenvalue weighted by atomic mass is 32.1. The molecule has 2 aliphatic heterocycles. The third-order valence-corrected chi connectivity index (χ3v) is 5.69. The molecule has 0 bridgehead atoms. The third kappa shape index (κ3) is 4.31. The van der Waals surface area contributed by atoms with Crippen LogP contribution in [0.5, 0.6) is 0 Å². The molecule has 0 saturated carbocycles. The Balaban J connectivity index is 1.51. The van der Waals surface area contributed by atoms with Crippen LogP contribution in [0.3, 0.4) is 0 Å². The van der Waals surface area contributed by atoms with Crippen molar-refractivity contribution in [1.82, 2.24) is 9.80 Å². The maximum atomic E-state index is 12.5. The van der Waals surface area contributed by atoms with E-state index in [9.17, 15) is 4.79 Å². The largest absolute Gasteiger partial charge is 0.378 e. The summed E-state index contributed by atoms with van der Waals surface area (Å²) in [7, 11) is 0. The van der Waals surface area contributed by atoms with E-state index in [4.69, 9.17) is 4.74 Å². The van der Waals surface area contributed by atoms with Gasteiger partial charge in [0.05, 0.1) is 19.8 Å². The highest BCUT2D eigenvalue weighted by molar-refractivity contribution is 7.09. The van der Waals surface area contributed by atoms with E-state index < -0.39 is 0 Å². The van der Waals surface area contributed by atoms with E-state index in [2.05, 4.69) is 22.4 Å². The monoisotopic (exact) mass is 322 g/mol. The number of rotatable bonds is 5. The SMILES string of the molecule is O=C(CN1CCCCC1CCc1cccs1)N1CCOCC1. The van der Waals surface area contributed by atoms with E-state index in [1.54, 1.807) is 0 Å². The minimum atomic E-state index is 0.284. The molecule has 122 valence electrons. The summed E-state index contributed by atoms with van der Waals surface area (Å²) < 4.78 is 5.33. The van der Waals surface area contributed by atoms with E-state index in [1.807, 2.05) is 16.2 Å². The molecule has 1 atom stereocenters. The second kappa shape index (κ2) is 8.09. The van der Waals surface area contributed by atoms with E-state index >= 15 is 0 Å². The van der Waals surface area contributed by atoms with E-state index in [1.165, 1.54) is 30.6 Å². The number of hydrogen-bond acceptors (Lipinski definition) is 4. The number of carbonyl (C=O) groups is 1. The first-order valence-electron chi connectivity index (χ1n) is 8.45. The fraction of sp³-hybridized carbons (Fsp3) is 0.706. The second-order valence-corrected chi connectivity index (χ2v) is 7.26. The number of amides is 1. The summed E-state index contributed by atoms with van der Waals surface area (Å²) in [5, 5.41) is 2.15. The minimum absolute atomic E-state index is 0.284. The van der Waals surface area contributed by atoms with E-state index in [-0.39, 0.29) is 5.91 Å². The lowest BCUT2D eigenvalue weighted by Crippen LogP contribution is -2.49. The van der Waals surface area contributed by atoms with Gasteiger partial charge in [0.2, 0.25) is 5.91 Å². The van der Waals surface area contributed by atoms with Crippen LogP contribution >= 0.6 is 11.3 Å². The number of hydrogen-bond donors (Lipinski definition) is 0. The smallest absolute Gasteiger partial charge is 0.236 e. The van der Waals surface area contributed by atoms with Crippen LogP contribution in [-0.4, -0.2) is 61.1 Å². The number of ether oxygens (including phenoxy) is 1. The molecular weight excluding hydrogens is 296 g/mol. The Bertz CT molecular complexity index is 457. The summed E-state index contributed by atoms with van der Waals surface area (Å²) in [6.07, 6.45) is 6.09. The van der Waals surface area contributed by atoms with Gasteiger partial charge in [-0.05, 0) is 43.7 Å². The van der Waals surface area contributed by atoms with Crippen LogP contribution < -0.4 is 0 Å². The van der Waals surface area contributed by atoms with Crippen molar-refractivity contribution in [1.29, 1.82) is 0 Å². The van der Waals surface area contributed by atoms with Crippen LogP contribution in [-0.2, 0) is 16.0 Å². The summed E-state index contributed by atoms with van der Waals surface area (Å²) in [6.45, 7) is 4.56. The lowest BCUT2D eigenvalue weighted by molar-refractivity contribution is -0.137. The van der Waals surface area contributed by atoms with E-state index in [0.717, 1.165) is 26.1 Å². The molecule has 0 aromatic carbocycles. The van der Waals surface area contributed by atoms with Crippen molar-refractivity contribution in [2.75, 3.05) is 39.4 Å². The van der Waals surface area contributed by atoms with Gasteiger partial charge in [-0.15, -0.1) is 11.3 Å². The lowest BCUT2D eigenvalue weighted by Gasteiger charge is -2.37. The van der Waals surface area contributed by atoms with Gasteiger partial charge in [0.25, 0.3) is 0 Å². The van der Waals surface area contributed by atoms with Crippen molar-refractivity contribution < 1.29 is 9.53 Å². The summed E-state index contributed by atoms with van der Waals surface area (Å²) >= 11 is 1.84. The fourth-order valence-corrected chi connectivity index (χ4v) is 4.17. The quantitative estimate of drug-likeness (QED) is 0.834. The van der Waals surface area contributed by atoms with Crippen LogP contribution in [0.15, 0.2) is 17.5 Å². The van der Waals surface area contributed by atoms with Crippen molar-refractivity contribution >= 4 is 17.2 Å².